The van der Waals surface area contributed by atoms with Gasteiger partial charge in [-0.15, -0.1) is 0 Å². The summed E-state index contributed by atoms with van der Waals surface area (Å²) in [5.74, 6) is 0. The van der Waals surface area contributed by atoms with Crippen molar-refractivity contribution in [2.24, 2.45) is 7.05 Å². The summed E-state index contributed by atoms with van der Waals surface area (Å²) in [7, 11) is 1.96. The lowest BCUT2D eigenvalue weighted by Crippen LogP contribution is -1.89. The average Bonchev–Trinajstić information content (AvgIpc) is 2.10. The van der Waals surface area contributed by atoms with E-state index in [0.717, 1.165) is 17.0 Å². The number of rotatable bonds is 1. The lowest BCUT2D eigenvalue weighted by Gasteiger charge is -1.98. The lowest BCUT2D eigenvalue weighted by molar-refractivity contribution is 0.909. The number of hydrogen-bond acceptors (Lipinski definition) is 1. The van der Waals surface area contributed by atoms with Gasteiger partial charge >= 0.3 is 0 Å². The molecule has 0 aromatic carbocycles. The Morgan fingerprint density at radius 1 is 1.70 bits per heavy atom. The van der Waals surface area contributed by atoms with Crippen LogP contribution in [0.25, 0.3) is 5.57 Å². The molecule has 2 heteroatoms. The molecular weight excluding hydrogens is 124 g/mol. The Labute approximate surface area is 61.0 Å². The van der Waals surface area contributed by atoms with Gasteiger partial charge in [0.25, 0.3) is 0 Å². The van der Waals surface area contributed by atoms with Gasteiger partial charge in [0.1, 0.15) is 0 Å². The van der Waals surface area contributed by atoms with Gasteiger partial charge < -0.3 is 10.3 Å². The molecule has 0 aliphatic heterocycles. The van der Waals surface area contributed by atoms with E-state index in [1.54, 1.807) is 0 Å². The Kier molecular flexibility index (Phi) is 1.53. The molecule has 2 nitrogen and oxygen atoms in total. The monoisotopic (exact) mass is 136 g/mol. The molecule has 0 atom stereocenters. The first-order valence-corrected chi connectivity index (χ1v) is 3.19. The zero-order valence-corrected chi connectivity index (χ0v) is 6.39. The van der Waals surface area contributed by atoms with Crippen molar-refractivity contribution in [2.45, 2.75) is 6.92 Å². The van der Waals surface area contributed by atoms with Gasteiger partial charge in [0.15, 0.2) is 0 Å². The standard InChI is InChI=1S/C8H12N2/c1-6(2)8-4-7(9)5-10(8)3/h4-5H,1,9H2,2-3H3. The van der Waals surface area contributed by atoms with Crippen LogP contribution in [0.1, 0.15) is 12.6 Å². The summed E-state index contributed by atoms with van der Waals surface area (Å²) in [4.78, 5) is 0. The second-order valence-electron chi connectivity index (χ2n) is 2.55. The van der Waals surface area contributed by atoms with Crippen LogP contribution in [0.5, 0.6) is 0 Å². The van der Waals surface area contributed by atoms with Crippen LogP contribution in [0.3, 0.4) is 0 Å². The van der Waals surface area contributed by atoms with Crippen molar-refractivity contribution in [1.29, 1.82) is 0 Å². The number of nitrogens with two attached hydrogens (primary N) is 1. The van der Waals surface area contributed by atoms with Gasteiger partial charge in [-0.25, -0.2) is 0 Å². The van der Waals surface area contributed by atoms with Crippen molar-refractivity contribution < 1.29 is 0 Å². The topological polar surface area (TPSA) is 30.9 Å². The minimum atomic E-state index is 0.792. The molecule has 0 bridgehead atoms. The fourth-order valence-corrected chi connectivity index (χ4v) is 1.01. The van der Waals surface area contributed by atoms with Crippen molar-refractivity contribution in [1.82, 2.24) is 4.57 Å². The molecule has 0 fully saturated rings. The van der Waals surface area contributed by atoms with Crippen molar-refractivity contribution in [3.8, 4) is 0 Å². The van der Waals surface area contributed by atoms with E-state index in [9.17, 15) is 0 Å². The molecule has 0 aliphatic carbocycles. The van der Waals surface area contributed by atoms with Crippen LogP contribution in [0.2, 0.25) is 0 Å². The molecule has 0 aliphatic rings. The molecule has 0 unspecified atom stereocenters. The molecule has 2 N–H and O–H groups in total. The van der Waals surface area contributed by atoms with Crippen molar-refractivity contribution >= 4 is 11.3 Å². The van der Waals surface area contributed by atoms with Crippen molar-refractivity contribution in [2.75, 3.05) is 5.73 Å². The fourth-order valence-electron chi connectivity index (χ4n) is 1.01. The summed E-state index contributed by atoms with van der Waals surface area (Å²) in [6, 6.07) is 1.92. The molecule has 1 heterocycles. The van der Waals surface area contributed by atoms with Crippen LogP contribution in [0.4, 0.5) is 5.69 Å². The number of aryl methyl sites for hydroxylation is 1. The number of hydrogen-bond donors (Lipinski definition) is 1. The zero-order chi connectivity index (χ0) is 7.72. The summed E-state index contributed by atoms with van der Waals surface area (Å²) in [6.07, 6.45) is 1.88. The predicted molar refractivity (Wildman–Crippen MR) is 44.5 cm³/mol. The molecule has 1 aromatic heterocycles. The van der Waals surface area contributed by atoms with E-state index in [1.165, 1.54) is 0 Å². The second-order valence-corrected chi connectivity index (χ2v) is 2.55. The summed E-state index contributed by atoms with van der Waals surface area (Å²) >= 11 is 0. The van der Waals surface area contributed by atoms with Crippen LogP contribution < -0.4 is 5.73 Å². The van der Waals surface area contributed by atoms with Gasteiger partial charge in [-0.05, 0) is 18.6 Å². The van der Waals surface area contributed by atoms with E-state index < -0.39 is 0 Å². The highest BCUT2D eigenvalue weighted by molar-refractivity contribution is 5.62. The number of allylic oxidation sites excluding steroid dienone is 1. The third-order valence-corrected chi connectivity index (χ3v) is 1.46. The van der Waals surface area contributed by atoms with E-state index in [1.807, 2.05) is 30.8 Å². The quantitative estimate of drug-likeness (QED) is 0.625. The maximum atomic E-state index is 5.56. The Hall–Kier alpha value is -1.18. The molecule has 1 aromatic rings. The van der Waals surface area contributed by atoms with E-state index in [4.69, 9.17) is 5.73 Å². The maximum absolute atomic E-state index is 5.56. The summed E-state index contributed by atoms with van der Waals surface area (Å²) < 4.78 is 1.97. The SMILES string of the molecule is C=C(C)c1cc(N)cn1C. The normalized spacial score (nSPS) is 9.80. The van der Waals surface area contributed by atoms with Crippen molar-refractivity contribution in [3.05, 3.63) is 24.5 Å². The summed E-state index contributed by atoms with van der Waals surface area (Å²) in [5, 5.41) is 0. The predicted octanol–water partition coefficient (Wildman–Crippen LogP) is 1.64. The Balaban J connectivity index is 3.15. The third kappa shape index (κ3) is 1.05. The smallest absolute Gasteiger partial charge is 0.0500 e. The molecule has 0 radical (unpaired) electrons. The molecule has 0 spiro atoms. The van der Waals surface area contributed by atoms with E-state index in [0.29, 0.717) is 0 Å². The van der Waals surface area contributed by atoms with Gasteiger partial charge in [-0.1, -0.05) is 6.58 Å². The summed E-state index contributed by atoms with van der Waals surface area (Å²) in [6.45, 7) is 5.79. The molecule has 1 rings (SSSR count). The average molecular weight is 136 g/mol. The highest BCUT2D eigenvalue weighted by atomic mass is 14.9. The minimum absolute atomic E-state index is 0.792. The maximum Gasteiger partial charge on any atom is 0.0500 e. The molecule has 54 valence electrons. The van der Waals surface area contributed by atoms with Crippen LogP contribution in [-0.2, 0) is 7.05 Å². The first-order valence-electron chi connectivity index (χ1n) is 3.19. The lowest BCUT2D eigenvalue weighted by atomic mass is 10.2. The van der Waals surface area contributed by atoms with Gasteiger partial charge in [0, 0.05) is 24.6 Å². The largest absolute Gasteiger partial charge is 0.397 e. The Morgan fingerprint density at radius 3 is 2.50 bits per heavy atom. The second kappa shape index (κ2) is 2.21. The Morgan fingerprint density at radius 2 is 2.30 bits per heavy atom. The number of anilines is 1. The highest BCUT2D eigenvalue weighted by Crippen LogP contribution is 2.15. The molecule has 0 saturated carbocycles. The molecule has 0 saturated heterocycles. The van der Waals surface area contributed by atoms with Crippen LogP contribution in [0.15, 0.2) is 18.8 Å². The summed E-state index contributed by atoms with van der Waals surface area (Å²) in [5.41, 5.74) is 8.48. The van der Waals surface area contributed by atoms with Gasteiger partial charge in [0.05, 0.1) is 0 Å². The number of nitrogens with zero attached hydrogens (tertiary/aromatic N) is 1. The van der Waals surface area contributed by atoms with Gasteiger partial charge in [0.2, 0.25) is 0 Å². The number of nitrogen functional groups attached to an aromatic ring is 1. The molecular formula is C8H12N2. The van der Waals surface area contributed by atoms with Crippen LogP contribution >= 0.6 is 0 Å². The first-order chi connectivity index (χ1) is 4.61. The molecule has 0 amide bonds. The molecule has 10 heavy (non-hydrogen) atoms. The third-order valence-electron chi connectivity index (χ3n) is 1.46. The van der Waals surface area contributed by atoms with E-state index in [2.05, 4.69) is 6.58 Å². The van der Waals surface area contributed by atoms with Crippen LogP contribution in [0, 0.1) is 0 Å². The van der Waals surface area contributed by atoms with Crippen LogP contribution in [-0.4, -0.2) is 4.57 Å². The Bertz CT molecular complexity index is 258. The van der Waals surface area contributed by atoms with Crippen molar-refractivity contribution in [3.63, 3.8) is 0 Å². The first kappa shape index (κ1) is 6.93. The zero-order valence-electron chi connectivity index (χ0n) is 6.39. The minimum Gasteiger partial charge on any atom is -0.397 e. The number of aromatic nitrogens is 1. The fraction of sp³-hybridized carbons (Fsp3) is 0.250. The van der Waals surface area contributed by atoms with Gasteiger partial charge in [-0.3, -0.25) is 0 Å². The van der Waals surface area contributed by atoms with E-state index in [-0.39, 0.29) is 0 Å². The highest BCUT2D eigenvalue weighted by Gasteiger charge is 1.98. The van der Waals surface area contributed by atoms with E-state index >= 15 is 0 Å². The van der Waals surface area contributed by atoms with Gasteiger partial charge in [-0.2, -0.15) is 0 Å².